The predicted octanol–water partition coefficient (Wildman–Crippen LogP) is 6.55. The lowest BCUT2D eigenvalue weighted by Crippen LogP contribution is -2.61. The van der Waals surface area contributed by atoms with Crippen molar-refractivity contribution in [3.8, 4) is 0 Å². The summed E-state index contributed by atoms with van der Waals surface area (Å²) in [6.45, 7) is 1.47. The van der Waals surface area contributed by atoms with E-state index in [1.807, 2.05) is 54.6 Å². The molecule has 1 heterocycles. The molecule has 2 aromatic carbocycles. The van der Waals surface area contributed by atoms with Crippen molar-refractivity contribution >= 4 is 38.9 Å². The molecule has 5 atom stereocenters. The maximum Gasteiger partial charge on any atom is 0.408 e. The van der Waals surface area contributed by atoms with Gasteiger partial charge in [0.25, 0.3) is 0 Å². The van der Waals surface area contributed by atoms with Gasteiger partial charge in [0.2, 0.25) is 5.91 Å². The zero-order valence-corrected chi connectivity index (χ0v) is 23.9. The molecule has 5 rings (SSSR count). The smallest absolute Gasteiger partial charge is 0.408 e. The number of nitrogens with one attached hydrogen (secondary N) is 2. The minimum absolute atomic E-state index is 0. The monoisotopic (exact) mass is 612 g/mol. The average Bonchev–Trinajstić information content (AvgIpc) is 3.25. The molecule has 0 radical (unpaired) electrons. The molecule has 8 heteroatoms. The summed E-state index contributed by atoms with van der Waals surface area (Å²) in [6, 6.07) is 16.8. The molecule has 2 fully saturated rings. The molecule has 40 heavy (non-hydrogen) atoms. The van der Waals surface area contributed by atoms with Crippen molar-refractivity contribution in [2.45, 2.75) is 83.4 Å². The maximum atomic E-state index is 13.9. The van der Waals surface area contributed by atoms with Crippen LogP contribution >= 0.6 is 15.9 Å². The molecule has 0 saturated heterocycles. The highest BCUT2D eigenvalue weighted by molar-refractivity contribution is 9.10. The number of aliphatic hydroxyl groups excluding tert-OH is 1. The molecular weight excluding hydrogens is 572 g/mol. The topological polar surface area (TPSA) is 101 Å². The van der Waals surface area contributed by atoms with Crippen LogP contribution < -0.4 is 10.6 Å². The van der Waals surface area contributed by atoms with Crippen molar-refractivity contribution in [3.05, 3.63) is 70.4 Å². The van der Waals surface area contributed by atoms with Gasteiger partial charge in [-0.1, -0.05) is 68.8 Å². The summed E-state index contributed by atoms with van der Waals surface area (Å²) in [5.74, 6) is 0.738. The van der Waals surface area contributed by atoms with E-state index in [9.17, 15) is 14.7 Å². The number of halogens is 1. The molecule has 2 amide bonds. The molecule has 2 aliphatic carbocycles. The second-order valence-corrected chi connectivity index (χ2v) is 12.1. The standard InChI is InChI=1S/C31H37BrN2O5.CH4/c1-31(18-25-24-12-5-6-13-27(24)38-28(25)32,29(36)33-23(19-35)17-20-8-3-2-4-9-20)34-30(37)39-26-15-14-21-10-7-11-22(26)16-21;/h2-6,8-9,12-13,21-23,26,35H,7,10-11,14-19H2,1H3,(H,33,36)(H,34,37);1H4. The highest BCUT2D eigenvalue weighted by atomic mass is 79.9. The van der Waals surface area contributed by atoms with Gasteiger partial charge >= 0.3 is 6.09 Å². The van der Waals surface area contributed by atoms with Gasteiger partial charge in [0, 0.05) is 17.4 Å². The summed E-state index contributed by atoms with van der Waals surface area (Å²) in [7, 11) is 0. The average molecular weight is 614 g/mol. The number of para-hydroxylation sites is 1. The van der Waals surface area contributed by atoms with E-state index < -0.39 is 23.6 Å². The third kappa shape index (κ3) is 6.89. The molecular formula is C32H41BrN2O5. The van der Waals surface area contributed by atoms with Crippen molar-refractivity contribution < 1.29 is 23.8 Å². The normalized spacial score (nSPS) is 22.4. The van der Waals surface area contributed by atoms with E-state index in [-0.39, 0.29) is 26.6 Å². The second kappa shape index (κ2) is 13.2. The molecule has 3 aromatic rings. The number of benzene rings is 2. The fourth-order valence-corrected chi connectivity index (χ4v) is 6.82. The third-order valence-corrected chi connectivity index (χ3v) is 9.05. The summed E-state index contributed by atoms with van der Waals surface area (Å²) in [4.78, 5) is 27.2. The Morgan fingerprint density at radius 3 is 2.62 bits per heavy atom. The van der Waals surface area contributed by atoms with Crippen molar-refractivity contribution in [2.75, 3.05) is 6.61 Å². The number of furan rings is 1. The molecule has 7 nitrogen and oxygen atoms in total. The number of rotatable bonds is 9. The van der Waals surface area contributed by atoms with Gasteiger partial charge in [0.05, 0.1) is 12.6 Å². The van der Waals surface area contributed by atoms with Crippen LogP contribution in [0.1, 0.15) is 64.0 Å². The van der Waals surface area contributed by atoms with Crippen LogP contribution in [0.2, 0.25) is 0 Å². The molecule has 5 unspecified atom stereocenters. The number of fused-ring (bicyclic) bond motifs is 3. The Morgan fingerprint density at radius 1 is 1.10 bits per heavy atom. The largest absolute Gasteiger partial charge is 0.449 e. The summed E-state index contributed by atoms with van der Waals surface area (Å²) < 4.78 is 12.4. The fourth-order valence-electron chi connectivity index (χ4n) is 6.29. The van der Waals surface area contributed by atoms with E-state index in [4.69, 9.17) is 9.15 Å². The maximum absolute atomic E-state index is 13.9. The highest BCUT2D eigenvalue weighted by Gasteiger charge is 2.41. The van der Waals surface area contributed by atoms with E-state index >= 15 is 0 Å². The molecule has 1 aromatic heterocycles. The van der Waals surface area contributed by atoms with Gasteiger partial charge in [-0.15, -0.1) is 0 Å². The lowest BCUT2D eigenvalue weighted by atomic mass is 9.71. The van der Waals surface area contributed by atoms with Crippen LogP contribution in [-0.2, 0) is 22.4 Å². The van der Waals surface area contributed by atoms with Crippen LogP contribution in [0, 0.1) is 11.8 Å². The lowest BCUT2D eigenvalue weighted by Gasteiger charge is -2.40. The zero-order valence-electron chi connectivity index (χ0n) is 22.3. The summed E-state index contributed by atoms with van der Waals surface area (Å²) >= 11 is 3.51. The first kappa shape index (κ1) is 30.1. The molecule has 0 spiro atoms. The van der Waals surface area contributed by atoms with Crippen LogP contribution in [0.3, 0.4) is 0 Å². The number of carbonyl (C=O) groups is 2. The molecule has 2 bridgehead atoms. The van der Waals surface area contributed by atoms with Gasteiger partial charge < -0.3 is 24.9 Å². The van der Waals surface area contributed by atoms with Gasteiger partial charge in [-0.25, -0.2) is 4.79 Å². The Balaban J connectivity index is 0.00000370. The Kier molecular flexibility index (Phi) is 9.95. The van der Waals surface area contributed by atoms with Crippen LogP contribution in [0.15, 0.2) is 63.7 Å². The van der Waals surface area contributed by atoms with Gasteiger partial charge in [-0.2, -0.15) is 0 Å². The molecule has 2 aliphatic rings. The molecule has 0 aliphatic heterocycles. The van der Waals surface area contributed by atoms with Crippen molar-refractivity contribution in [1.29, 1.82) is 0 Å². The number of aliphatic hydroxyl groups is 1. The van der Waals surface area contributed by atoms with E-state index in [0.717, 1.165) is 48.1 Å². The Labute approximate surface area is 245 Å². The Bertz CT molecular complexity index is 1290. The Hall–Kier alpha value is -2.84. The van der Waals surface area contributed by atoms with Crippen molar-refractivity contribution in [3.63, 3.8) is 0 Å². The first-order chi connectivity index (χ1) is 18.8. The molecule has 3 N–H and O–H groups in total. The quantitative estimate of drug-likeness (QED) is 0.254. The van der Waals surface area contributed by atoms with Crippen LogP contribution in [0.5, 0.6) is 0 Å². The van der Waals surface area contributed by atoms with Crippen molar-refractivity contribution in [2.24, 2.45) is 11.8 Å². The van der Waals surface area contributed by atoms with Gasteiger partial charge in [0.1, 0.15) is 17.2 Å². The van der Waals surface area contributed by atoms with E-state index in [1.165, 1.54) is 12.8 Å². The summed E-state index contributed by atoms with van der Waals surface area (Å²) in [5, 5.41) is 16.8. The van der Waals surface area contributed by atoms with Crippen LogP contribution in [0.25, 0.3) is 11.0 Å². The predicted molar refractivity (Wildman–Crippen MR) is 160 cm³/mol. The van der Waals surface area contributed by atoms with E-state index in [0.29, 0.717) is 22.6 Å². The first-order valence-corrected chi connectivity index (χ1v) is 14.7. The lowest BCUT2D eigenvalue weighted by molar-refractivity contribution is -0.128. The van der Waals surface area contributed by atoms with E-state index in [2.05, 4.69) is 26.6 Å². The Morgan fingerprint density at radius 2 is 1.85 bits per heavy atom. The van der Waals surface area contributed by atoms with Crippen molar-refractivity contribution in [1.82, 2.24) is 10.6 Å². The van der Waals surface area contributed by atoms with E-state index in [1.54, 1.807) is 6.92 Å². The summed E-state index contributed by atoms with van der Waals surface area (Å²) in [5.41, 5.74) is 1.11. The number of alkyl carbamates (subject to hydrolysis) is 1. The third-order valence-electron chi connectivity index (χ3n) is 8.41. The van der Waals surface area contributed by atoms with Gasteiger partial charge in [0.15, 0.2) is 4.67 Å². The van der Waals surface area contributed by atoms with Crippen LogP contribution in [0.4, 0.5) is 4.79 Å². The molecule has 216 valence electrons. The number of hydrogen-bond donors (Lipinski definition) is 3. The number of hydrogen-bond acceptors (Lipinski definition) is 5. The molecule has 2 saturated carbocycles. The SMILES string of the molecule is C.CC(Cc1c(Br)oc2ccccc12)(NC(=O)OC1CCC2CCCC1C2)C(=O)NC(CO)Cc1ccccc1. The number of carbonyl (C=O) groups excluding carboxylic acids is 2. The minimum Gasteiger partial charge on any atom is -0.449 e. The minimum atomic E-state index is -1.36. The number of ether oxygens (including phenoxy) is 1. The fraction of sp³-hybridized carbons (Fsp3) is 0.500. The zero-order chi connectivity index (χ0) is 27.4. The number of amides is 2. The van der Waals surface area contributed by atoms with Gasteiger partial charge in [-0.05, 0) is 78.4 Å². The summed E-state index contributed by atoms with van der Waals surface area (Å²) in [6.07, 6.45) is 6.52. The first-order valence-electron chi connectivity index (χ1n) is 13.9. The second-order valence-electron chi connectivity index (χ2n) is 11.3. The highest BCUT2D eigenvalue weighted by Crippen LogP contribution is 2.41. The van der Waals surface area contributed by atoms with Crippen LogP contribution in [-0.4, -0.2) is 41.4 Å². The van der Waals surface area contributed by atoms with Gasteiger partial charge in [-0.3, -0.25) is 4.79 Å².